The molecule has 0 spiro atoms. The Kier molecular flexibility index (Phi) is 4.94. The number of rotatable bonds is 4. The van der Waals surface area contributed by atoms with Gasteiger partial charge in [-0.2, -0.15) is 0 Å². The van der Waals surface area contributed by atoms with E-state index in [1.54, 1.807) is 18.2 Å². The van der Waals surface area contributed by atoms with E-state index in [9.17, 15) is 8.78 Å². The highest BCUT2D eigenvalue weighted by molar-refractivity contribution is 6.36. The van der Waals surface area contributed by atoms with Crippen LogP contribution in [0.3, 0.4) is 0 Å². The molecule has 1 unspecified atom stereocenters. The third kappa shape index (κ3) is 3.27. The molecule has 0 radical (unpaired) electrons. The van der Waals surface area contributed by atoms with Crippen LogP contribution in [0.1, 0.15) is 17.2 Å². The van der Waals surface area contributed by atoms with Crippen LogP contribution >= 0.6 is 23.2 Å². The molecule has 2 rings (SSSR count). The third-order valence-corrected chi connectivity index (χ3v) is 3.72. The topological polar surface area (TPSA) is 38.0 Å². The normalized spacial score (nSPS) is 12.4. The monoisotopic (exact) mass is 316 g/mol. The fraction of sp³-hybridized carbons (Fsp3) is 0.143. The fourth-order valence-corrected chi connectivity index (χ4v) is 2.53. The third-order valence-electron chi connectivity index (χ3n) is 3.01. The lowest BCUT2D eigenvalue weighted by Crippen LogP contribution is -2.30. The van der Waals surface area contributed by atoms with Crippen LogP contribution in [0.25, 0.3) is 0 Å². The molecule has 0 aromatic heterocycles. The zero-order chi connectivity index (χ0) is 14.7. The largest absolute Gasteiger partial charge is 0.271 e. The Labute approximate surface area is 125 Å². The number of hydrogen-bond acceptors (Lipinski definition) is 2. The van der Waals surface area contributed by atoms with Crippen LogP contribution < -0.4 is 11.3 Å². The summed E-state index contributed by atoms with van der Waals surface area (Å²) in [6, 6.07) is 7.88. The van der Waals surface area contributed by atoms with E-state index in [2.05, 4.69) is 5.43 Å². The Morgan fingerprint density at radius 2 is 1.75 bits per heavy atom. The van der Waals surface area contributed by atoms with Gasteiger partial charge < -0.3 is 0 Å². The minimum Gasteiger partial charge on any atom is -0.271 e. The predicted octanol–water partition coefficient (Wildman–Crippen LogP) is 4.02. The lowest BCUT2D eigenvalue weighted by atomic mass is 9.98. The minimum atomic E-state index is -0.670. The van der Waals surface area contributed by atoms with Crippen molar-refractivity contribution in [3.8, 4) is 0 Å². The van der Waals surface area contributed by atoms with Gasteiger partial charge in [-0.15, -0.1) is 0 Å². The standard InChI is InChI=1S/C14H12Cl2F2N2/c15-11-2-1-3-12(16)10(11)7-14(20-19)9-5-4-8(17)6-13(9)18/h1-6,14,20H,7,19H2. The van der Waals surface area contributed by atoms with Crippen molar-refractivity contribution in [1.82, 2.24) is 5.43 Å². The summed E-state index contributed by atoms with van der Waals surface area (Å²) < 4.78 is 26.7. The molecule has 2 aromatic carbocycles. The fourth-order valence-electron chi connectivity index (χ4n) is 1.97. The van der Waals surface area contributed by atoms with Gasteiger partial charge in [-0.3, -0.25) is 11.3 Å². The van der Waals surface area contributed by atoms with Gasteiger partial charge in [0.05, 0.1) is 6.04 Å². The van der Waals surface area contributed by atoms with Crippen molar-refractivity contribution in [1.29, 1.82) is 0 Å². The van der Waals surface area contributed by atoms with E-state index in [-0.39, 0.29) is 12.0 Å². The van der Waals surface area contributed by atoms with Crippen LogP contribution in [0.2, 0.25) is 10.0 Å². The van der Waals surface area contributed by atoms with Gasteiger partial charge in [0, 0.05) is 21.7 Å². The molecule has 0 fully saturated rings. The summed E-state index contributed by atoms with van der Waals surface area (Å²) >= 11 is 12.2. The molecular formula is C14H12Cl2F2N2. The van der Waals surface area contributed by atoms with Crippen LogP contribution in [-0.4, -0.2) is 0 Å². The van der Waals surface area contributed by atoms with Crippen LogP contribution in [0.15, 0.2) is 36.4 Å². The predicted molar refractivity (Wildman–Crippen MR) is 76.6 cm³/mol. The van der Waals surface area contributed by atoms with Gasteiger partial charge >= 0.3 is 0 Å². The summed E-state index contributed by atoms with van der Waals surface area (Å²) in [6.45, 7) is 0. The van der Waals surface area contributed by atoms with E-state index in [0.29, 0.717) is 15.6 Å². The highest BCUT2D eigenvalue weighted by Gasteiger charge is 2.18. The molecule has 6 heteroatoms. The number of hydrogen-bond donors (Lipinski definition) is 2. The van der Waals surface area contributed by atoms with Crippen molar-refractivity contribution in [2.24, 2.45) is 5.84 Å². The summed E-state index contributed by atoms with van der Waals surface area (Å²) in [7, 11) is 0. The summed E-state index contributed by atoms with van der Waals surface area (Å²) in [4.78, 5) is 0. The van der Waals surface area contributed by atoms with E-state index < -0.39 is 17.7 Å². The first-order valence-electron chi connectivity index (χ1n) is 5.87. The highest BCUT2D eigenvalue weighted by atomic mass is 35.5. The molecule has 0 saturated carbocycles. The summed E-state index contributed by atoms with van der Waals surface area (Å²) in [6.07, 6.45) is 0.289. The average Bonchev–Trinajstić information content (AvgIpc) is 2.40. The van der Waals surface area contributed by atoms with Gasteiger partial charge in [0.1, 0.15) is 11.6 Å². The zero-order valence-electron chi connectivity index (χ0n) is 10.3. The van der Waals surface area contributed by atoms with E-state index in [4.69, 9.17) is 29.0 Å². The number of nitrogens with two attached hydrogens (primary N) is 1. The number of hydrazine groups is 1. The molecule has 0 amide bonds. The van der Waals surface area contributed by atoms with Crippen molar-refractivity contribution in [2.75, 3.05) is 0 Å². The van der Waals surface area contributed by atoms with Crippen molar-refractivity contribution in [3.05, 3.63) is 69.2 Å². The van der Waals surface area contributed by atoms with Crippen LogP contribution in [0.5, 0.6) is 0 Å². The number of benzene rings is 2. The molecule has 2 aromatic rings. The molecule has 0 heterocycles. The molecule has 0 aliphatic rings. The molecule has 0 saturated heterocycles. The van der Waals surface area contributed by atoms with Crippen LogP contribution in [0.4, 0.5) is 8.78 Å². The molecule has 0 aliphatic carbocycles. The van der Waals surface area contributed by atoms with Gasteiger partial charge in [-0.05, 0) is 30.2 Å². The SMILES string of the molecule is NNC(Cc1c(Cl)cccc1Cl)c1ccc(F)cc1F. The minimum absolute atomic E-state index is 0.255. The average molecular weight is 317 g/mol. The van der Waals surface area contributed by atoms with Crippen LogP contribution in [0, 0.1) is 11.6 Å². The zero-order valence-corrected chi connectivity index (χ0v) is 11.8. The molecule has 1 atom stereocenters. The van der Waals surface area contributed by atoms with Gasteiger partial charge in [0.25, 0.3) is 0 Å². The molecule has 2 nitrogen and oxygen atoms in total. The molecule has 20 heavy (non-hydrogen) atoms. The van der Waals surface area contributed by atoms with Gasteiger partial charge in [-0.25, -0.2) is 8.78 Å². The Balaban J connectivity index is 2.34. The Morgan fingerprint density at radius 3 is 2.30 bits per heavy atom. The summed E-state index contributed by atoms with van der Waals surface area (Å²) in [5.41, 5.74) is 3.41. The van der Waals surface area contributed by atoms with E-state index in [1.807, 2.05) is 0 Å². The smallest absolute Gasteiger partial charge is 0.130 e. The van der Waals surface area contributed by atoms with Crippen molar-refractivity contribution >= 4 is 23.2 Å². The van der Waals surface area contributed by atoms with Crippen molar-refractivity contribution in [2.45, 2.75) is 12.5 Å². The van der Waals surface area contributed by atoms with Crippen molar-refractivity contribution in [3.63, 3.8) is 0 Å². The quantitative estimate of drug-likeness (QED) is 0.660. The van der Waals surface area contributed by atoms with Gasteiger partial charge in [-0.1, -0.05) is 35.3 Å². The molecule has 0 bridgehead atoms. The second-order valence-electron chi connectivity index (χ2n) is 4.29. The summed E-state index contributed by atoms with van der Waals surface area (Å²) in [5, 5.41) is 0.945. The number of nitrogens with one attached hydrogen (secondary N) is 1. The first-order valence-corrected chi connectivity index (χ1v) is 6.62. The first kappa shape index (κ1) is 15.2. The van der Waals surface area contributed by atoms with Gasteiger partial charge in [0.15, 0.2) is 0 Å². The number of halogens is 4. The molecular weight excluding hydrogens is 305 g/mol. The summed E-state index contributed by atoms with van der Waals surface area (Å²) in [5.74, 6) is 4.15. The highest BCUT2D eigenvalue weighted by Crippen LogP contribution is 2.30. The van der Waals surface area contributed by atoms with E-state index in [1.165, 1.54) is 12.1 Å². The second-order valence-corrected chi connectivity index (χ2v) is 5.10. The maximum absolute atomic E-state index is 13.8. The van der Waals surface area contributed by atoms with E-state index >= 15 is 0 Å². The maximum Gasteiger partial charge on any atom is 0.130 e. The van der Waals surface area contributed by atoms with E-state index in [0.717, 1.165) is 6.07 Å². The van der Waals surface area contributed by atoms with Crippen LogP contribution in [-0.2, 0) is 6.42 Å². The first-order chi connectivity index (χ1) is 9.52. The Morgan fingerprint density at radius 1 is 1.10 bits per heavy atom. The molecule has 0 aliphatic heterocycles. The Hall–Kier alpha value is -1.20. The molecule has 106 valence electrons. The lowest BCUT2D eigenvalue weighted by Gasteiger charge is -2.18. The van der Waals surface area contributed by atoms with Gasteiger partial charge in [0.2, 0.25) is 0 Å². The second kappa shape index (κ2) is 6.50. The molecule has 3 N–H and O–H groups in total. The van der Waals surface area contributed by atoms with Crippen molar-refractivity contribution < 1.29 is 8.78 Å². The lowest BCUT2D eigenvalue weighted by molar-refractivity contribution is 0.502. The Bertz CT molecular complexity index is 600. The maximum atomic E-state index is 13.8.